The van der Waals surface area contributed by atoms with Gasteiger partial charge in [0.25, 0.3) is 0 Å². The van der Waals surface area contributed by atoms with Crippen LogP contribution in [-0.2, 0) is 6.42 Å². The van der Waals surface area contributed by atoms with Crippen molar-refractivity contribution in [1.82, 2.24) is 15.2 Å². The van der Waals surface area contributed by atoms with Crippen molar-refractivity contribution in [2.45, 2.75) is 19.8 Å². The number of anilines is 3. The van der Waals surface area contributed by atoms with E-state index >= 15 is 0 Å². The molecule has 0 radical (unpaired) electrons. The second kappa shape index (κ2) is 8.44. The molecule has 128 valence electrons. The molecule has 0 spiro atoms. The fourth-order valence-electron chi connectivity index (χ4n) is 2.48. The monoisotopic (exact) mass is 353 g/mol. The Balaban J connectivity index is 1.54. The van der Waals surface area contributed by atoms with Gasteiger partial charge in [-0.05, 0) is 49.1 Å². The Kier molecular flexibility index (Phi) is 5.80. The summed E-state index contributed by atoms with van der Waals surface area (Å²) >= 11 is 5.98. The van der Waals surface area contributed by atoms with Crippen molar-refractivity contribution in [2.24, 2.45) is 0 Å². The van der Waals surface area contributed by atoms with Crippen LogP contribution >= 0.6 is 11.6 Å². The molecular formula is C19H20ClN5. The molecule has 0 bridgehead atoms. The minimum absolute atomic E-state index is 0.457. The van der Waals surface area contributed by atoms with Crippen LogP contribution in [0.3, 0.4) is 0 Å². The minimum Gasteiger partial charge on any atom is -0.369 e. The van der Waals surface area contributed by atoms with Gasteiger partial charge in [-0.2, -0.15) is 10.1 Å². The Morgan fingerprint density at radius 1 is 1.08 bits per heavy atom. The molecule has 2 aromatic carbocycles. The molecule has 0 saturated carbocycles. The predicted octanol–water partition coefficient (Wildman–Crippen LogP) is 4.62. The summed E-state index contributed by atoms with van der Waals surface area (Å²) < 4.78 is 0. The second-order valence-electron chi connectivity index (χ2n) is 5.77. The van der Waals surface area contributed by atoms with Gasteiger partial charge in [0.05, 0.1) is 6.20 Å². The van der Waals surface area contributed by atoms with Gasteiger partial charge in [-0.3, -0.25) is 0 Å². The number of aryl methyl sites for hydroxylation is 2. The van der Waals surface area contributed by atoms with Gasteiger partial charge in [0, 0.05) is 17.3 Å². The summed E-state index contributed by atoms with van der Waals surface area (Å²) in [5.41, 5.74) is 3.27. The van der Waals surface area contributed by atoms with Crippen LogP contribution in [0, 0.1) is 6.92 Å². The number of benzene rings is 2. The van der Waals surface area contributed by atoms with E-state index in [1.807, 2.05) is 31.2 Å². The normalized spacial score (nSPS) is 10.5. The molecule has 1 aromatic heterocycles. The number of aromatic nitrogens is 3. The first kappa shape index (κ1) is 17.2. The summed E-state index contributed by atoms with van der Waals surface area (Å²) in [6.07, 6.45) is 3.68. The number of rotatable bonds is 7. The van der Waals surface area contributed by atoms with Crippen LogP contribution in [0.5, 0.6) is 0 Å². The van der Waals surface area contributed by atoms with Gasteiger partial charge in [0.15, 0.2) is 5.82 Å². The molecule has 2 N–H and O–H groups in total. The topological polar surface area (TPSA) is 62.7 Å². The first-order chi connectivity index (χ1) is 12.2. The molecule has 0 amide bonds. The van der Waals surface area contributed by atoms with Crippen molar-refractivity contribution < 1.29 is 0 Å². The Hall–Kier alpha value is -2.66. The van der Waals surface area contributed by atoms with E-state index in [2.05, 4.69) is 50.1 Å². The molecule has 0 saturated heterocycles. The van der Waals surface area contributed by atoms with Gasteiger partial charge in [0.1, 0.15) is 0 Å². The fraction of sp³-hybridized carbons (Fsp3) is 0.211. The lowest BCUT2D eigenvalue weighted by Crippen LogP contribution is -2.08. The highest BCUT2D eigenvalue weighted by atomic mass is 35.5. The average Bonchev–Trinajstić information content (AvgIpc) is 2.62. The SMILES string of the molecule is Cc1cc(Cl)ccc1Nc1nncc(NCCCc2ccccc2)n1. The third-order valence-electron chi connectivity index (χ3n) is 3.78. The first-order valence-corrected chi connectivity index (χ1v) is 8.59. The van der Waals surface area contributed by atoms with Crippen LogP contribution in [0.25, 0.3) is 0 Å². The van der Waals surface area contributed by atoms with Crippen LogP contribution in [-0.4, -0.2) is 21.7 Å². The molecule has 0 aliphatic rings. The fourth-order valence-corrected chi connectivity index (χ4v) is 2.71. The Morgan fingerprint density at radius 3 is 2.72 bits per heavy atom. The molecule has 5 nitrogen and oxygen atoms in total. The molecule has 3 rings (SSSR count). The van der Waals surface area contributed by atoms with Crippen molar-refractivity contribution in [2.75, 3.05) is 17.2 Å². The van der Waals surface area contributed by atoms with Crippen molar-refractivity contribution in [3.63, 3.8) is 0 Å². The summed E-state index contributed by atoms with van der Waals surface area (Å²) in [6, 6.07) is 16.1. The molecular weight excluding hydrogens is 334 g/mol. The summed E-state index contributed by atoms with van der Waals surface area (Å²) in [4.78, 5) is 4.45. The van der Waals surface area contributed by atoms with Crippen LogP contribution < -0.4 is 10.6 Å². The van der Waals surface area contributed by atoms with E-state index in [9.17, 15) is 0 Å². The Morgan fingerprint density at radius 2 is 1.92 bits per heavy atom. The van der Waals surface area contributed by atoms with E-state index in [1.54, 1.807) is 6.20 Å². The smallest absolute Gasteiger partial charge is 0.249 e. The van der Waals surface area contributed by atoms with E-state index in [-0.39, 0.29) is 0 Å². The van der Waals surface area contributed by atoms with Gasteiger partial charge in [-0.1, -0.05) is 41.9 Å². The molecule has 0 fully saturated rings. The molecule has 0 unspecified atom stereocenters. The van der Waals surface area contributed by atoms with E-state index in [1.165, 1.54) is 5.56 Å². The standard InChI is InChI=1S/C19H20ClN5/c1-14-12-16(20)9-10-17(14)23-19-24-18(13-22-25-19)21-11-5-8-15-6-3-2-4-7-15/h2-4,6-7,9-10,12-13H,5,8,11H2,1H3,(H2,21,23,24,25). The quantitative estimate of drug-likeness (QED) is 0.607. The van der Waals surface area contributed by atoms with Gasteiger partial charge in [-0.15, -0.1) is 5.10 Å². The summed E-state index contributed by atoms with van der Waals surface area (Å²) in [5.74, 6) is 1.16. The highest BCUT2D eigenvalue weighted by molar-refractivity contribution is 6.30. The number of nitrogens with one attached hydrogen (secondary N) is 2. The van der Waals surface area contributed by atoms with Crippen molar-refractivity contribution in [3.05, 3.63) is 70.9 Å². The molecule has 25 heavy (non-hydrogen) atoms. The third-order valence-corrected chi connectivity index (χ3v) is 4.02. The Labute approximate surface area is 152 Å². The highest BCUT2D eigenvalue weighted by Gasteiger charge is 2.04. The van der Waals surface area contributed by atoms with Crippen molar-refractivity contribution >= 4 is 29.1 Å². The van der Waals surface area contributed by atoms with E-state index in [0.29, 0.717) is 16.8 Å². The lowest BCUT2D eigenvalue weighted by atomic mass is 10.1. The number of hydrogen-bond donors (Lipinski definition) is 2. The zero-order valence-corrected chi connectivity index (χ0v) is 14.8. The van der Waals surface area contributed by atoms with E-state index in [0.717, 1.165) is 30.6 Å². The zero-order valence-electron chi connectivity index (χ0n) is 14.0. The maximum Gasteiger partial charge on any atom is 0.249 e. The maximum atomic E-state index is 5.98. The molecule has 0 atom stereocenters. The molecule has 0 aliphatic carbocycles. The lowest BCUT2D eigenvalue weighted by molar-refractivity contribution is 0.853. The van der Waals surface area contributed by atoms with Crippen molar-refractivity contribution in [1.29, 1.82) is 0 Å². The van der Waals surface area contributed by atoms with E-state index < -0.39 is 0 Å². The third kappa shape index (κ3) is 5.16. The van der Waals surface area contributed by atoms with Crippen LogP contribution in [0.4, 0.5) is 17.5 Å². The molecule has 0 aliphatic heterocycles. The first-order valence-electron chi connectivity index (χ1n) is 8.21. The summed E-state index contributed by atoms with van der Waals surface area (Å²) in [7, 11) is 0. The molecule has 1 heterocycles. The van der Waals surface area contributed by atoms with E-state index in [4.69, 9.17) is 11.6 Å². The predicted molar refractivity (Wildman–Crippen MR) is 103 cm³/mol. The zero-order chi connectivity index (χ0) is 17.5. The largest absolute Gasteiger partial charge is 0.369 e. The second-order valence-corrected chi connectivity index (χ2v) is 6.20. The minimum atomic E-state index is 0.457. The van der Waals surface area contributed by atoms with Gasteiger partial charge in [-0.25, -0.2) is 0 Å². The highest BCUT2D eigenvalue weighted by Crippen LogP contribution is 2.22. The molecule has 6 heteroatoms. The molecule has 3 aromatic rings. The van der Waals surface area contributed by atoms with Crippen LogP contribution in [0.15, 0.2) is 54.7 Å². The van der Waals surface area contributed by atoms with Gasteiger partial charge >= 0.3 is 0 Å². The lowest BCUT2D eigenvalue weighted by Gasteiger charge is -2.09. The van der Waals surface area contributed by atoms with Crippen molar-refractivity contribution in [3.8, 4) is 0 Å². The number of nitrogens with zero attached hydrogens (tertiary/aromatic N) is 3. The Bertz CT molecular complexity index is 823. The number of hydrogen-bond acceptors (Lipinski definition) is 5. The van der Waals surface area contributed by atoms with Crippen LogP contribution in [0.1, 0.15) is 17.5 Å². The average molecular weight is 354 g/mol. The summed E-state index contributed by atoms with van der Waals surface area (Å²) in [6.45, 7) is 2.81. The summed E-state index contributed by atoms with van der Waals surface area (Å²) in [5, 5.41) is 15.2. The van der Waals surface area contributed by atoms with Gasteiger partial charge < -0.3 is 10.6 Å². The number of halogens is 1. The maximum absolute atomic E-state index is 5.98. The van der Waals surface area contributed by atoms with Gasteiger partial charge in [0.2, 0.25) is 5.95 Å². The van der Waals surface area contributed by atoms with Crippen LogP contribution in [0.2, 0.25) is 5.02 Å².